The van der Waals surface area contributed by atoms with Gasteiger partial charge in [0.15, 0.2) is 0 Å². The van der Waals surface area contributed by atoms with Gasteiger partial charge in [-0.2, -0.15) is 0 Å². The summed E-state index contributed by atoms with van der Waals surface area (Å²) in [6.45, 7) is 6.68. The molecule has 2 amide bonds. The smallest absolute Gasteiger partial charge is 0.407 e. The number of benzene rings is 2. The standard InChI is InChI=1S/C34H42N4O6/c1-4-43-30(40)10-7-17-36-33(42)44-23-14-12-22(13-15-23)37-26-18-21(11-16-24(26)32(35)41)31-25-8-5-6-9-27(25)38-28(31)19-34(2,3)20-29(38)39/h5-6,8-9,11,16,18,22-23,37H,4,7,10,12-15,17,19-20H2,1-3H3,(H2,35,41)(H,36,42)/t22-,23-. The fourth-order valence-corrected chi connectivity index (χ4v) is 6.50. The number of alkyl carbamates (subject to hydrolysis) is 1. The zero-order chi connectivity index (χ0) is 31.4. The summed E-state index contributed by atoms with van der Waals surface area (Å²) in [5.74, 6) is -0.704. The maximum absolute atomic E-state index is 13.3. The summed E-state index contributed by atoms with van der Waals surface area (Å²) >= 11 is 0. The van der Waals surface area contributed by atoms with E-state index in [2.05, 4.69) is 24.5 Å². The number of ether oxygens (including phenoxy) is 2. The van der Waals surface area contributed by atoms with Crippen molar-refractivity contribution in [3.05, 3.63) is 53.7 Å². The number of nitrogens with two attached hydrogens (primary N) is 1. The Morgan fingerprint density at radius 2 is 1.80 bits per heavy atom. The highest BCUT2D eigenvalue weighted by molar-refractivity contribution is 6.06. The molecule has 0 saturated heterocycles. The highest BCUT2D eigenvalue weighted by Gasteiger charge is 2.35. The molecular weight excluding hydrogens is 560 g/mol. The monoisotopic (exact) mass is 602 g/mol. The number of nitrogens with one attached hydrogen (secondary N) is 2. The fourth-order valence-electron chi connectivity index (χ4n) is 6.50. The molecule has 44 heavy (non-hydrogen) atoms. The van der Waals surface area contributed by atoms with Gasteiger partial charge in [-0.25, -0.2) is 4.79 Å². The Morgan fingerprint density at radius 3 is 2.52 bits per heavy atom. The van der Waals surface area contributed by atoms with E-state index in [0.717, 1.165) is 47.0 Å². The van der Waals surface area contributed by atoms with Gasteiger partial charge in [0.1, 0.15) is 6.10 Å². The molecule has 0 radical (unpaired) electrons. The number of esters is 1. The van der Waals surface area contributed by atoms with Crippen LogP contribution in [0.4, 0.5) is 10.5 Å². The van der Waals surface area contributed by atoms with Crippen LogP contribution in [0.2, 0.25) is 0 Å². The van der Waals surface area contributed by atoms with Gasteiger partial charge in [-0.1, -0.05) is 38.1 Å². The second-order valence-corrected chi connectivity index (χ2v) is 12.6. The third-order valence-corrected chi connectivity index (χ3v) is 8.51. The molecule has 10 nitrogen and oxygen atoms in total. The van der Waals surface area contributed by atoms with Crippen LogP contribution in [0, 0.1) is 5.41 Å². The molecule has 0 bridgehead atoms. The topological polar surface area (TPSA) is 142 Å². The van der Waals surface area contributed by atoms with Gasteiger partial charge in [-0.15, -0.1) is 0 Å². The molecule has 2 aromatic carbocycles. The van der Waals surface area contributed by atoms with Crippen molar-refractivity contribution in [1.82, 2.24) is 9.88 Å². The Bertz CT molecular complexity index is 1570. The van der Waals surface area contributed by atoms with E-state index in [4.69, 9.17) is 15.2 Å². The number of hydrogen-bond acceptors (Lipinski definition) is 7. The van der Waals surface area contributed by atoms with Crippen molar-refractivity contribution in [3.63, 3.8) is 0 Å². The van der Waals surface area contributed by atoms with Crippen molar-refractivity contribution in [1.29, 1.82) is 0 Å². The van der Waals surface area contributed by atoms with Crippen molar-refractivity contribution in [2.24, 2.45) is 11.1 Å². The summed E-state index contributed by atoms with van der Waals surface area (Å²) in [5, 5.41) is 7.25. The Hall–Kier alpha value is -4.34. The lowest BCUT2D eigenvalue weighted by atomic mass is 9.80. The van der Waals surface area contributed by atoms with E-state index in [1.807, 2.05) is 41.0 Å². The summed E-state index contributed by atoms with van der Waals surface area (Å²) in [6, 6.07) is 13.7. The van der Waals surface area contributed by atoms with Crippen molar-refractivity contribution in [2.75, 3.05) is 18.5 Å². The summed E-state index contributed by atoms with van der Waals surface area (Å²) in [5.41, 5.74) is 10.5. The van der Waals surface area contributed by atoms with E-state index in [9.17, 15) is 19.2 Å². The van der Waals surface area contributed by atoms with Crippen molar-refractivity contribution in [3.8, 4) is 11.1 Å². The summed E-state index contributed by atoms with van der Waals surface area (Å²) in [4.78, 5) is 49.4. The molecule has 0 spiro atoms. The van der Waals surface area contributed by atoms with Gasteiger partial charge in [-0.05, 0) is 74.6 Å². The quantitative estimate of drug-likeness (QED) is 0.196. The van der Waals surface area contributed by atoms with Crippen LogP contribution in [0.5, 0.6) is 0 Å². The number of primary amides is 1. The number of nitrogens with zero attached hydrogens (tertiary/aromatic N) is 1. The number of para-hydroxylation sites is 1. The van der Waals surface area contributed by atoms with Crippen LogP contribution in [-0.2, 0) is 20.7 Å². The molecule has 1 aliphatic carbocycles. The third-order valence-electron chi connectivity index (χ3n) is 8.51. The van der Waals surface area contributed by atoms with E-state index >= 15 is 0 Å². The van der Waals surface area contributed by atoms with E-state index in [1.54, 1.807) is 13.0 Å². The summed E-state index contributed by atoms with van der Waals surface area (Å²) in [6.07, 6.45) is 4.12. The van der Waals surface area contributed by atoms with Gasteiger partial charge in [0.05, 0.1) is 17.7 Å². The lowest BCUT2D eigenvalue weighted by Gasteiger charge is -2.31. The van der Waals surface area contributed by atoms with Gasteiger partial charge in [-0.3, -0.25) is 19.0 Å². The zero-order valence-corrected chi connectivity index (χ0v) is 25.7. The van der Waals surface area contributed by atoms with Gasteiger partial charge >= 0.3 is 12.1 Å². The normalized spacial score (nSPS) is 19.2. The first-order chi connectivity index (χ1) is 21.1. The van der Waals surface area contributed by atoms with Crippen LogP contribution in [0.3, 0.4) is 0 Å². The maximum Gasteiger partial charge on any atom is 0.407 e. The number of aromatic nitrogens is 1. The predicted octanol–water partition coefficient (Wildman–Crippen LogP) is 5.81. The van der Waals surface area contributed by atoms with Gasteiger partial charge in [0.2, 0.25) is 5.91 Å². The second-order valence-electron chi connectivity index (χ2n) is 12.6. The molecule has 234 valence electrons. The third kappa shape index (κ3) is 6.90. The number of carbonyl (C=O) groups is 4. The van der Waals surface area contributed by atoms with E-state index in [0.29, 0.717) is 50.1 Å². The molecule has 1 aromatic heterocycles. The van der Waals surface area contributed by atoms with Gasteiger partial charge in [0.25, 0.3) is 5.91 Å². The summed E-state index contributed by atoms with van der Waals surface area (Å²) in [7, 11) is 0. The van der Waals surface area contributed by atoms with Crippen LogP contribution < -0.4 is 16.4 Å². The van der Waals surface area contributed by atoms with Crippen molar-refractivity contribution < 1.29 is 28.7 Å². The Kier molecular flexibility index (Phi) is 9.27. The number of carbonyl (C=O) groups excluding carboxylic acids is 4. The molecule has 1 aliphatic heterocycles. The fraction of sp³-hybridized carbons (Fsp3) is 0.471. The number of fused-ring (bicyclic) bond motifs is 3. The van der Waals surface area contributed by atoms with Crippen LogP contribution in [0.1, 0.15) is 86.6 Å². The average molecular weight is 603 g/mol. The summed E-state index contributed by atoms with van der Waals surface area (Å²) < 4.78 is 12.4. The molecule has 2 heterocycles. The van der Waals surface area contributed by atoms with E-state index in [1.165, 1.54) is 0 Å². The van der Waals surface area contributed by atoms with Crippen LogP contribution in [0.25, 0.3) is 22.0 Å². The Balaban J connectivity index is 1.28. The highest BCUT2D eigenvalue weighted by atomic mass is 16.6. The molecule has 1 saturated carbocycles. The number of hydrogen-bond donors (Lipinski definition) is 3. The zero-order valence-electron chi connectivity index (χ0n) is 25.7. The predicted molar refractivity (Wildman–Crippen MR) is 169 cm³/mol. The average Bonchev–Trinajstić information content (AvgIpc) is 3.29. The molecule has 2 aliphatic rings. The van der Waals surface area contributed by atoms with E-state index < -0.39 is 12.0 Å². The van der Waals surface area contributed by atoms with Gasteiger partial charge in [0, 0.05) is 47.8 Å². The largest absolute Gasteiger partial charge is 0.466 e. The first kappa shape index (κ1) is 31.1. The van der Waals surface area contributed by atoms with Crippen molar-refractivity contribution in [2.45, 2.75) is 84.3 Å². The minimum absolute atomic E-state index is 0.0658. The number of anilines is 1. The van der Waals surface area contributed by atoms with Crippen LogP contribution in [0.15, 0.2) is 42.5 Å². The maximum atomic E-state index is 13.3. The van der Waals surface area contributed by atoms with Crippen LogP contribution in [-0.4, -0.2) is 53.7 Å². The minimum atomic E-state index is -0.518. The lowest BCUT2D eigenvalue weighted by Crippen LogP contribution is -2.35. The molecule has 0 unspecified atom stereocenters. The molecule has 4 N–H and O–H groups in total. The number of rotatable bonds is 10. The van der Waals surface area contributed by atoms with Gasteiger partial charge < -0.3 is 25.8 Å². The molecule has 1 fully saturated rings. The molecule has 10 heteroatoms. The first-order valence-corrected chi connectivity index (χ1v) is 15.5. The first-order valence-electron chi connectivity index (χ1n) is 15.5. The Morgan fingerprint density at radius 1 is 1.05 bits per heavy atom. The SMILES string of the molecule is CCOC(=O)CCCNC(=O)O[C@H]1CC[C@H](Nc2cc(-c3c4n(c5ccccc35)C(=O)CC(C)(C)C4)ccc2C(N)=O)CC1. The highest BCUT2D eigenvalue weighted by Crippen LogP contribution is 2.43. The lowest BCUT2D eigenvalue weighted by molar-refractivity contribution is -0.143. The minimum Gasteiger partial charge on any atom is -0.466 e. The molecule has 3 aromatic rings. The molecule has 0 atom stereocenters. The molecular formula is C34H42N4O6. The number of amides is 2. The van der Waals surface area contributed by atoms with Crippen molar-refractivity contribution >= 4 is 40.5 Å². The molecule has 5 rings (SSSR count). The van der Waals surface area contributed by atoms with Crippen LogP contribution >= 0.6 is 0 Å². The van der Waals surface area contributed by atoms with E-state index in [-0.39, 0.29) is 35.9 Å². The Labute approximate surface area is 257 Å². The second kappa shape index (κ2) is 13.1.